The number of rotatable bonds is 6. The zero-order valence-corrected chi connectivity index (χ0v) is 19.6. The number of piperidine rings is 1. The summed E-state index contributed by atoms with van der Waals surface area (Å²) in [6, 6.07) is 2.90. The summed E-state index contributed by atoms with van der Waals surface area (Å²) in [6.07, 6.45) is -4.88. The molecule has 0 radical (unpaired) electrons. The Morgan fingerprint density at radius 2 is 1.86 bits per heavy atom. The third-order valence-corrected chi connectivity index (χ3v) is 6.30. The van der Waals surface area contributed by atoms with Crippen LogP contribution in [0.25, 0.3) is 27.9 Å². The summed E-state index contributed by atoms with van der Waals surface area (Å²) in [4.78, 5) is 14.2. The van der Waals surface area contributed by atoms with Crippen molar-refractivity contribution in [3.05, 3.63) is 30.0 Å². The summed E-state index contributed by atoms with van der Waals surface area (Å²) >= 11 is 0. The van der Waals surface area contributed by atoms with Gasteiger partial charge >= 0.3 is 6.18 Å². The number of nitrogens with zero attached hydrogens (tertiary/aromatic N) is 7. The highest BCUT2D eigenvalue weighted by Crippen LogP contribution is 2.32. The Bertz CT molecular complexity index is 1440. The fourth-order valence-corrected chi connectivity index (χ4v) is 4.67. The minimum atomic E-state index is -4.25. The van der Waals surface area contributed by atoms with Crippen molar-refractivity contribution in [2.75, 3.05) is 30.7 Å². The van der Waals surface area contributed by atoms with Gasteiger partial charge in [-0.15, -0.1) is 5.10 Å². The summed E-state index contributed by atoms with van der Waals surface area (Å²) in [5.74, 6) is -0.285. The second-order valence-electron chi connectivity index (χ2n) is 8.98. The van der Waals surface area contributed by atoms with Gasteiger partial charge in [0.2, 0.25) is 5.95 Å². The predicted molar refractivity (Wildman–Crippen MR) is 124 cm³/mol. The van der Waals surface area contributed by atoms with Crippen LogP contribution in [-0.2, 0) is 6.54 Å². The lowest BCUT2D eigenvalue weighted by atomic mass is 10.1. The second-order valence-corrected chi connectivity index (χ2v) is 8.98. The summed E-state index contributed by atoms with van der Waals surface area (Å²) < 4.78 is 81.6. The Balaban J connectivity index is 1.42. The highest BCUT2D eigenvalue weighted by molar-refractivity contribution is 5.89. The Morgan fingerprint density at radius 3 is 2.54 bits per heavy atom. The topological polar surface area (TPSA) is 102 Å². The number of halogens is 6. The van der Waals surface area contributed by atoms with Crippen LogP contribution in [-0.4, -0.2) is 72.3 Å². The number of nitrogens with two attached hydrogens (primary N) is 1. The van der Waals surface area contributed by atoms with Crippen molar-refractivity contribution in [3.8, 4) is 11.3 Å². The zero-order valence-electron chi connectivity index (χ0n) is 19.6. The van der Waals surface area contributed by atoms with Crippen molar-refractivity contribution in [1.82, 2.24) is 34.0 Å². The molecule has 0 aliphatic carbocycles. The molecule has 0 saturated carbocycles. The molecule has 0 bridgehead atoms. The van der Waals surface area contributed by atoms with Crippen molar-refractivity contribution in [1.29, 1.82) is 0 Å². The smallest absolute Gasteiger partial charge is 0.382 e. The number of hydrogen-bond donors (Lipinski definition) is 2. The van der Waals surface area contributed by atoms with E-state index in [0.717, 1.165) is 6.20 Å². The molecule has 5 heterocycles. The van der Waals surface area contributed by atoms with E-state index in [2.05, 4.69) is 25.4 Å². The molecule has 37 heavy (non-hydrogen) atoms. The molecular weight excluding hydrogens is 504 g/mol. The first kappa shape index (κ1) is 25.0. The molecule has 3 N–H and O–H groups in total. The van der Waals surface area contributed by atoms with Crippen molar-refractivity contribution >= 4 is 28.4 Å². The minimum absolute atomic E-state index is 0.00820. The first-order valence-electron chi connectivity index (χ1n) is 11.5. The lowest BCUT2D eigenvalue weighted by Gasteiger charge is -2.32. The van der Waals surface area contributed by atoms with Crippen molar-refractivity contribution < 1.29 is 26.3 Å². The van der Waals surface area contributed by atoms with Crippen LogP contribution >= 0.6 is 0 Å². The number of imidazole rings is 1. The second kappa shape index (κ2) is 9.36. The Labute approximate surface area is 206 Å². The SMILES string of the molecule is Cc1nc2ccc(-c3c(F)cn4nc(NC5CCN(CC(F)(F)F)CC5)nc(N)c34)nc2n1CC(F)F. The molecule has 1 aliphatic rings. The molecule has 1 aliphatic heterocycles. The lowest BCUT2D eigenvalue weighted by molar-refractivity contribution is -0.147. The third-order valence-electron chi connectivity index (χ3n) is 6.30. The van der Waals surface area contributed by atoms with Gasteiger partial charge in [-0.05, 0) is 31.9 Å². The Morgan fingerprint density at radius 1 is 1.14 bits per heavy atom. The maximum absolute atomic E-state index is 15.1. The predicted octanol–water partition coefficient (Wildman–Crippen LogP) is 3.87. The number of pyridine rings is 1. The lowest BCUT2D eigenvalue weighted by Crippen LogP contribution is -2.43. The van der Waals surface area contributed by atoms with Gasteiger partial charge in [0.25, 0.3) is 6.43 Å². The van der Waals surface area contributed by atoms with Crippen molar-refractivity contribution in [2.24, 2.45) is 0 Å². The van der Waals surface area contributed by atoms with E-state index in [1.54, 1.807) is 13.0 Å². The average Bonchev–Trinajstić information content (AvgIpc) is 3.29. The molecule has 4 aromatic heterocycles. The summed E-state index contributed by atoms with van der Waals surface area (Å²) in [6.45, 7) is 0.536. The van der Waals surface area contributed by atoms with Crippen LogP contribution in [0.2, 0.25) is 0 Å². The molecule has 0 atom stereocenters. The number of hydrogen-bond acceptors (Lipinski definition) is 7. The number of aromatic nitrogens is 6. The van der Waals surface area contributed by atoms with Gasteiger partial charge in [-0.3, -0.25) is 4.90 Å². The van der Waals surface area contributed by atoms with E-state index in [-0.39, 0.29) is 53.3 Å². The third kappa shape index (κ3) is 5.12. The monoisotopic (exact) mass is 527 g/mol. The van der Waals surface area contributed by atoms with Crippen LogP contribution in [0, 0.1) is 12.7 Å². The number of anilines is 2. The molecule has 0 unspecified atom stereocenters. The van der Waals surface area contributed by atoms with Gasteiger partial charge in [-0.2, -0.15) is 18.2 Å². The molecule has 0 spiro atoms. The molecule has 1 saturated heterocycles. The highest BCUT2D eigenvalue weighted by atomic mass is 19.4. The van der Waals surface area contributed by atoms with Crippen LogP contribution in [0.3, 0.4) is 0 Å². The summed E-state index contributed by atoms with van der Waals surface area (Å²) in [7, 11) is 0. The first-order chi connectivity index (χ1) is 17.5. The molecule has 198 valence electrons. The fraction of sp³-hybridized carbons (Fsp3) is 0.455. The van der Waals surface area contributed by atoms with Gasteiger partial charge in [0.1, 0.15) is 16.9 Å². The van der Waals surface area contributed by atoms with Gasteiger partial charge in [0, 0.05) is 19.1 Å². The number of nitrogens with one attached hydrogen (secondary N) is 1. The van der Waals surface area contributed by atoms with Gasteiger partial charge in [-0.1, -0.05) is 0 Å². The molecule has 0 amide bonds. The Kier molecular flexibility index (Phi) is 6.33. The molecular formula is C22H23F6N9. The van der Waals surface area contributed by atoms with Crippen LogP contribution in [0.4, 0.5) is 38.1 Å². The summed E-state index contributed by atoms with van der Waals surface area (Å²) in [5.41, 5.74) is 7.04. The van der Waals surface area contributed by atoms with Gasteiger partial charge in [0.05, 0.1) is 30.5 Å². The van der Waals surface area contributed by atoms with E-state index in [9.17, 15) is 22.0 Å². The summed E-state index contributed by atoms with van der Waals surface area (Å²) in [5, 5.41) is 7.34. The molecule has 0 aromatic carbocycles. The number of likely N-dealkylation sites (tertiary alicyclic amines) is 1. The van der Waals surface area contributed by atoms with E-state index in [0.29, 0.717) is 24.2 Å². The van der Waals surface area contributed by atoms with E-state index in [1.165, 1.54) is 20.0 Å². The minimum Gasteiger partial charge on any atom is -0.382 e. The normalized spacial score (nSPS) is 15.9. The number of fused-ring (bicyclic) bond motifs is 2. The number of nitrogen functional groups attached to an aromatic ring is 1. The van der Waals surface area contributed by atoms with Crippen molar-refractivity contribution in [3.63, 3.8) is 0 Å². The Hall–Kier alpha value is -3.62. The highest BCUT2D eigenvalue weighted by Gasteiger charge is 2.32. The molecule has 9 nitrogen and oxygen atoms in total. The van der Waals surface area contributed by atoms with Crippen LogP contribution in [0.5, 0.6) is 0 Å². The zero-order chi connectivity index (χ0) is 26.5. The van der Waals surface area contributed by atoms with Gasteiger partial charge in [-0.25, -0.2) is 27.7 Å². The fourth-order valence-electron chi connectivity index (χ4n) is 4.67. The molecule has 4 aromatic rings. The molecule has 1 fully saturated rings. The quantitative estimate of drug-likeness (QED) is 0.367. The largest absolute Gasteiger partial charge is 0.401 e. The van der Waals surface area contributed by atoms with Gasteiger partial charge in [0.15, 0.2) is 17.3 Å². The van der Waals surface area contributed by atoms with E-state index in [1.807, 2.05) is 0 Å². The molecule has 5 rings (SSSR count). The maximum atomic E-state index is 15.1. The van der Waals surface area contributed by atoms with Crippen molar-refractivity contribution in [2.45, 2.75) is 45.0 Å². The van der Waals surface area contributed by atoms with Crippen LogP contribution < -0.4 is 11.1 Å². The number of alkyl halides is 5. The van der Waals surface area contributed by atoms with E-state index in [4.69, 9.17) is 5.73 Å². The van der Waals surface area contributed by atoms with E-state index < -0.39 is 31.5 Å². The average molecular weight is 527 g/mol. The molecule has 15 heteroatoms. The van der Waals surface area contributed by atoms with E-state index >= 15 is 4.39 Å². The van der Waals surface area contributed by atoms with Gasteiger partial charge < -0.3 is 15.6 Å². The standard InChI is InChI=1S/C22H23F6N9/c1-11-30-15-3-2-14(32-20(15)36(11)9-16(24)25)17-13(23)8-37-18(17)19(29)33-21(34-37)31-12-4-6-35(7-5-12)10-22(26,27)28/h2-3,8,12,16H,4-7,9-10H2,1H3,(H3,29,31,33,34). The number of aryl methyl sites for hydroxylation is 1. The maximum Gasteiger partial charge on any atom is 0.401 e. The van der Waals surface area contributed by atoms with Crippen LogP contribution in [0.15, 0.2) is 18.3 Å². The van der Waals surface area contributed by atoms with Crippen LogP contribution in [0.1, 0.15) is 18.7 Å². The first-order valence-corrected chi connectivity index (χ1v) is 11.5.